The number of imidazole rings is 1. The summed E-state index contributed by atoms with van der Waals surface area (Å²) < 4.78 is 3.59. The summed E-state index contributed by atoms with van der Waals surface area (Å²) >= 11 is 0. The van der Waals surface area contributed by atoms with E-state index in [0.29, 0.717) is 31.6 Å². The zero-order chi connectivity index (χ0) is 25.8. The predicted molar refractivity (Wildman–Crippen MR) is 139 cm³/mol. The van der Waals surface area contributed by atoms with Crippen LogP contribution in [0.2, 0.25) is 0 Å². The summed E-state index contributed by atoms with van der Waals surface area (Å²) in [4.78, 5) is 30.3. The fourth-order valence-electron chi connectivity index (χ4n) is 5.74. The number of allylic oxidation sites excluding steroid dienone is 1. The number of aliphatic carboxylic acids is 1. The lowest BCUT2D eigenvalue weighted by molar-refractivity contribution is -0.144. The number of aliphatic imine (C=N–C) groups is 1. The second-order valence-corrected chi connectivity index (χ2v) is 10.1. The third-order valence-electron chi connectivity index (χ3n) is 7.81. The van der Waals surface area contributed by atoms with Gasteiger partial charge in [-0.05, 0) is 54.2 Å². The van der Waals surface area contributed by atoms with E-state index >= 15 is 0 Å². The van der Waals surface area contributed by atoms with Crippen LogP contribution in [0.25, 0.3) is 11.4 Å². The Morgan fingerprint density at radius 1 is 1.27 bits per heavy atom. The van der Waals surface area contributed by atoms with Crippen molar-refractivity contribution < 1.29 is 9.90 Å². The molecule has 0 radical (unpaired) electrons. The zero-order valence-corrected chi connectivity index (χ0v) is 21.1. The van der Waals surface area contributed by atoms with Crippen molar-refractivity contribution in [2.75, 3.05) is 0 Å². The third kappa shape index (κ3) is 4.92. The summed E-state index contributed by atoms with van der Waals surface area (Å²) in [6.07, 6.45) is 14.2. The summed E-state index contributed by atoms with van der Waals surface area (Å²) in [5.74, 6) is -0.778. The van der Waals surface area contributed by atoms with E-state index in [2.05, 4.69) is 50.7 Å². The van der Waals surface area contributed by atoms with Gasteiger partial charge >= 0.3 is 11.7 Å². The first-order valence-corrected chi connectivity index (χ1v) is 13.1. The lowest BCUT2D eigenvalue weighted by Crippen LogP contribution is -2.39. The van der Waals surface area contributed by atoms with E-state index in [1.54, 1.807) is 10.8 Å². The molecule has 1 aliphatic carbocycles. The van der Waals surface area contributed by atoms with Gasteiger partial charge in [-0.15, -0.1) is 5.10 Å². The van der Waals surface area contributed by atoms with Crippen LogP contribution in [0.5, 0.6) is 0 Å². The average Bonchev–Trinajstić information content (AvgIpc) is 3.57. The van der Waals surface area contributed by atoms with Crippen molar-refractivity contribution in [2.24, 2.45) is 10.9 Å². The first-order valence-electron chi connectivity index (χ1n) is 13.1. The average molecular weight is 504 g/mol. The van der Waals surface area contributed by atoms with Crippen molar-refractivity contribution in [1.29, 1.82) is 0 Å². The molecule has 3 aromatic rings. The molecule has 2 N–H and O–H groups in total. The van der Waals surface area contributed by atoms with Crippen molar-refractivity contribution in [3.05, 3.63) is 64.5 Å². The summed E-state index contributed by atoms with van der Waals surface area (Å²) in [6, 6.07) is 7.72. The Labute approximate surface area is 215 Å². The van der Waals surface area contributed by atoms with E-state index in [1.807, 2.05) is 29.1 Å². The van der Waals surface area contributed by atoms with E-state index in [1.165, 1.54) is 0 Å². The van der Waals surface area contributed by atoms with E-state index < -0.39 is 17.3 Å². The van der Waals surface area contributed by atoms with Gasteiger partial charge in [0.15, 0.2) is 5.82 Å². The van der Waals surface area contributed by atoms with Crippen molar-refractivity contribution >= 4 is 12.2 Å². The molecule has 5 rings (SSSR count). The zero-order valence-electron chi connectivity index (χ0n) is 21.1. The lowest BCUT2D eigenvalue weighted by atomic mass is 9.76. The summed E-state index contributed by atoms with van der Waals surface area (Å²) in [5.41, 5.74) is 2.22. The van der Waals surface area contributed by atoms with Crippen LogP contribution in [0.1, 0.15) is 69.2 Å². The number of tetrazole rings is 1. The number of benzene rings is 1. The summed E-state index contributed by atoms with van der Waals surface area (Å²) in [5, 5.41) is 24.1. The molecule has 2 aromatic heterocycles. The van der Waals surface area contributed by atoms with Gasteiger partial charge in [-0.1, -0.05) is 50.5 Å². The molecule has 0 saturated heterocycles. The van der Waals surface area contributed by atoms with Crippen LogP contribution in [0.4, 0.5) is 0 Å². The number of nitrogens with one attached hydrogen (secondary N) is 1. The van der Waals surface area contributed by atoms with E-state index in [9.17, 15) is 14.7 Å². The summed E-state index contributed by atoms with van der Waals surface area (Å²) in [6.45, 7) is 2.57. The van der Waals surface area contributed by atoms with E-state index in [-0.39, 0.29) is 11.7 Å². The Morgan fingerprint density at radius 2 is 2.14 bits per heavy atom. The number of carboxylic acid groups (broad SMARTS) is 1. The molecule has 1 aliphatic heterocycles. The largest absolute Gasteiger partial charge is 0.481 e. The van der Waals surface area contributed by atoms with Crippen molar-refractivity contribution in [3.8, 4) is 11.4 Å². The van der Waals surface area contributed by atoms with Gasteiger partial charge in [-0.2, -0.15) is 0 Å². The highest BCUT2D eigenvalue weighted by atomic mass is 16.4. The minimum Gasteiger partial charge on any atom is -0.481 e. The minimum atomic E-state index is -0.818. The van der Waals surface area contributed by atoms with Gasteiger partial charge in [-0.25, -0.2) is 9.89 Å². The Balaban J connectivity index is 1.57. The van der Waals surface area contributed by atoms with Gasteiger partial charge in [0.25, 0.3) is 0 Å². The number of rotatable bonds is 9. The summed E-state index contributed by atoms with van der Waals surface area (Å²) in [7, 11) is 0. The van der Waals surface area contributed by atoms with Gasteiger partial charge in [0.05, 0.1) is 12.0 Å². The molecule has 10 nitrogen and oxygen atoms in total. The lowest BCUT2D eigenvalue weighted by Gasteiger charge is -2.32. The van der Waals surface area contributed by atoms with Gasteiger partial charge in [0.1, 0.15) is 0 Å². The Kier molecular flexibility index (Phi) is 7.16. The van der Waals surface area contributed by atoms with Crippen molar-refractivity contribution in [1.82, 2.24) is 29.8 Å². The number of carbonyl (C=O) groups is 1. The molecule has 3 heterocycles. The smallest absolute Gasteiger partial charge is 0.328 e. The molecule has 1 fully saturated rings. The maximum Gasteiger partial charge on any atom is 0.328 e. The number of hydrogen-bond acceptors (Lipinski definition) is 6. The highest BCUT2D eigenvalue weighted by Crippen LogP contribution is 2.37. The highest BCUT2D eigenvalue weighted by molar-refractivity contribution is 5.70. The number of aromatic nitrogens is 6. The number of nitrogens with zero attached hydrogens (tertiary/aromatic N) is 6. The minimum absolute atomic E-state index is 0.130. The normalized spacial score (nSPS) is 23.4. The molecule has 3 atom stereocenters. The predicted octanol–water partition coefficient (Wildman–Crippen LogP) is 3.91. The van der Waals surface area contributed by atoms with Gasteiger partial charge in [0.2, 0.25) is 0 Å². The van der Waals surface area contributed by atoms with E-state index in [4.69, 9.17) is 0 Å². The van der Waals surface area contributed by atoms with Gasteiger partial charge in [0, 0.05) is 41.8 Å². The highest BCUT2D eigenvalue weighted by Gasteiger charge is 2.36. The van der Waals surface area contributed by atoms with Crippen LogP contribution in [-0.2, 0) is 23.2 Å². The molecule has 37 heavy (non-hydrogen) atoms. The van der Waals surface area contributed by atoms with Crippen LogP contribution < -0.4 is 5.69 Å². The van der Waals surface area contributed by atoms with Crippen molar-refractivity contribution in [3.63, 3.8) is 0 Å². The van der Waals surface area contributed by atoms with Crippen LogP contribution in [-0.4, -0.2) is 47.0 Å². The molecule has 194 valence electrons. The number of aromatic amines is 1. The molecule has 0 bridgehead atoms. The first-order chi connectivity index (χ1) is 18.0. The molecular formula is C27H33N7O3. The van der Waals surface area contributed by atoms with E-state index in [0.717, 1.165) is 48.9 Å². The van der Waals surface area contributed by atoms with Crippen LogP contribution >= 0.6 is 0 Å². The number of hydrogen-bond donors (Lipinski definition) is 2. The molecule has 0 spiro atoms. The molecule has 1 aromatic carbocycles. The monoisotopic (exact) mass is 503 g/mol. The number of carboxylic acids is 1. The second kappa shape index (κ2) is 10.7. The fraction of sp³-hybridized carbons (Fsp3) is 0.481. The topological polar surface area (TPSA) is 131 Å². The third-order valence-corrected chi connectivity index (χ3v) is 7.81. The number of unbranched alkanes of at least 4 members (excludes halogenated alkanes) is 1. The Morgan fingerprint density at radius 3 is 2.86 bits per heavy atom. The molecule has 0 amide bonds. The van der Waals surface area contributed by atoms with Crippen LogP contribution in [0.15, 0.2) is 52.5 Å². The SMILES string of the molecule is CCCCc1cn(C2CCCCC2C(=O)O)c(=O)n1CC1(c2cccc(-c3nnn[nH]3)c2)C=CN=CC1. The van der Waals surface area contributed by atoms with Crippen LogP contribution in [0.3, 0.4) is 0 Å². The molecule has 10 heteroatoms. The fourth-order valence-corrected chi connectivity index (χ4v) is 5.74. The second-order valence-electron chi connectivity index (χ2n) is 10.1. The maximum absolute atomic E-state index is 14.0. The van der Waals surface area contributed by atoms with Gasteiger partial charge < -0.3 is 5.11 Å². The Hall–Kier alpha value is -3.82. The maximum atomic E-state index is 14.0. The van der Waals surface area contributed by atoms with Gasteiger partial charge in [-0.3, -0.25) is 18.9 Å². The first kappa shape index (κ1) is 24.9. The molecule has 2 aliphatic rings. The molecular weight excluding hydrogens is 470 g/mol. The Bertz CT molecular complexity index is 1350. The van der Waals surface area contributed by atoms with Crippen molar-refractivity contribution in [2.45, 2.75) is 76.3 Å². The number of aryl methyl sites for hydroxylation is 1. The molecule has 3 unspecified atom stereocenters. The quantitative estimate of drug-likeness (QED) is 0.455. The molecule has 1 saturated carbocycles. The van der Waals surface area contributed by atoms with Crippen LogP contribution in [0, 0.1) is 5.92 Å². The number of H-pyrrole nitrogens is 1. The standard InChI is InChI=1S/C27H33N7O3/c1-2-3-9-21-17-33(23-11-5-4-10-22(23)25(35)36)26(37)34(21)18-27(12-14-28-15-13-27)20-8-6-7-19(16-20)24-29-31-32-30-24/h6-8,12,14-17,22-23H,2-5,9-11,13,18H2,1H3,(H,35,36)(H,29,30,31,32).